The van der Waals surface area contributed by atoms with E-state index in [1.807, 2.05) is 30.3 Å². The van der Waals surface area contributed by atoms with Crippen LogP contribution in [0.25, 0.3) is 0 Å². The van der Waals surface area contributed by atoms with E-state index in [0.717, 1.165) is 5.56 Å². The van der Waals surface area contributed by atoms with Crippen LogP contribution in [0, 0.1) is 5.82 Å². The van der Waals surface area contributed by atoms with E-state index in [-0.39, 0.29) is 23.3 Å². The summed E-state index contributed by atoms with van der Waals surface area (Å²) in [5.74, 6) is -0.361. The van der Waals surface area contributed by atoms with Gasteiger partial charge in [0.05, 0.1) is 6.54 Å². The maximum Gasteiger partial charge on any atom is 0.225 e. The van der Waals surface area contributed by atoms with Crippen LogP contribution in [0.5, 0.6) is 0 Å². The van der Waals surface area contributed by atoms with Crippen LogP contribution >= 0.6 is 23.2 Å². The molecule has 1 N–H and O–H groups in total. The van der Waals surface area contributed by atoms with Gasteiger partial charge >= 0.3 is 0 Å². The number of halogens is 3. The Balaban J connectivity index is 1.63. The molecule has 0 fully saturated rings. The topological polar surface area (TPSA) is 46.9 Å². The van der Waals surface area contributed by atoms with Gasteiger partial charge in [0, 0.05) is 23.2 Å². The quantitative estimate of drug-likeness (QED) is 0.645. The molecule has 0 saturated carbocycles. The molecule has 1 amide bonds. The molecular weight excluding hydrogens is 376 g/mol. The molecule has 1 aromatic heterocycles. The van der Waals surface area contributed by atoms with Crippen LogP contribution in [0.4, 0.5) is 10.2 Å². The summed E-state index contributed by atoms with van der Waals surface area (Å²) in [4.78, 5) is 12.1. The molecule has 0 atom stereocenters. The van der Waals surface area contributed by atoms with Gasteiger partial charge in [-0.1, -0.05) is 59.6 Å². The number of amides is 1. The lowest BCUT2D eigenvalue weighted by molar-refractivity contribution is -0.116. The molecular formula is C19H16Cl2FN3O. The molecule has 2 aromatic carbocycles. The van der Waals surface area contributed by atoms with Gasteiger partial charge in [-0.25, -0.2) is 4.39 Å². The van der Waals surface area contributed by atoms with Crippen molar-refractivity contribution in [3.8, 4) is 0 Å². The summed E-state index contributed by atoms with van der Waals surface area (Å²) in [5, 5.41) is 7.49. The Bertz CT molecular complexity index is 892. The number of aryl methyl sites for hydroxylation is 1. The van der Waals surface area contributed by atoms with Gasteiger partial charge in [-0.05, 0) is 24.1 Å². The van der Waals surface area contributed by atoms with E-state index in [1.165, 1.54) is 23.0 Å². The Kier molecular flexibility index (Phi) is 5.91. The van der Waals surface area contributed by atoms with Crippen molar-refractivity contribution in [2.75, 3.05) is 5.32 Å². The van der Waals surface area contributed by atoms with Gasteiger partial charge < -0.3 is 5.32 Å². The van der Waals surface area contributed by atoms with Gasteiger partial charge in [-0.3, -0.25) is 9.48 Å². The zero-order valence-electron chi connectivity index (χ0n) is 13.8. The smallest absolute Gasteiger partial charge is 0.225 e. The molecule has 3 aromatic rings. The maximum atomic E-state index is 13.9. The monoisotopic (exact) mass is 391 g/mol. The molecule has 0 unspecified atom stereocenters. The number of benzene rings is 2. The number of nitrogens with one attached hydrogen (secondary N) is 1. The summed E-state index contributed by atoms with van der Waals surface area (Å²) in [7, 11) is 0. The first kappa shape index (κ1) is 18.4. The molecule has 0 spiro atoms. The Morgan fingerprint density at radius 2 is 1.85 bits per heavy atom. The number of anilines is 1. The molecule has 0 saturated heterocycles. The van der Waals surface area contributed by atoms with Crippen molar-refractivity contribution in [3.63, 3.8) is 0 Å². The minimum atomic E-state index is -0.419. The van der Waals surface area contributed by atoms with Crippen LogP contribution in [0.1, 0.15) is 17.5 Å². The minimum absolute atomic E-state index is 0.116. The first-order valence-electron chi connectivity index (χ1n) is 8.02. The second-order valence-electron chi connectivity index (χ2n) is 5.76. The van der Waals surface area contributed by atoms with Crippen LogP contribution in [0.15, 0.2) is 54.7 Å². The molecule has 0 aliphatic heterocycles. The molecule has 0 aliphatic carbocycles. The van der Waals surface area contributed by atoms with Gasteiger partial charge in [-0.2, -0.15) is 5.10 Å². The average molecular weight is 392 g/mol. The summed E-state index contributed by atoms with van der Waals surface area (Å²) in [5.41, 5.74) is 1.39. The summed E-state index contributed by atoms with van der Waals surface area (Å²) >= 11 is 12.2. The average Bonchev–Trinajstić information content (AvgIpc) is 2.97. The van der Waals surface area contributed by atoms with E-state index in [0.29, 0.717) is 23.4 Å². The van der Waals surface area contributed by atoms with Gasteiger partial charge in [0.1, 0.15) is 10.8 Å². The Labute approximate surface area is 160 Å². The fourth-order valence-electron chi connectivity index (χ4n) is 2.51. The number of aromatic nitrogens is 2. The molecule has 0 aliphatic rings. The fraction of sp³-hybridized carbons (Fsp3) is 0.158. The zero-order chi connectivity index (χ0) is 18.5. The molecule has 26 heavy (non-hydrogen) atoms. The number of nitrogens with zero attached hydrogens (tertiary/aromatic N) is 2. The van der Waals surface area contributed by atoms with Gasteiger partial charge in [0.25, 0.3) is 0 Å². The van der Waals surface area contributed by atoms with Crippen molar-refractivity contribution in [2.24, 2.45) is 0 Å². The number of carbonyl (C=O) groups excluding carboxylic acids is 1. The van der Waals surface area contributed by atoms with Crippen molar-refractivity contribution in [3.05, 3.63) is 81.7 Å². The highest BCUT2D eigenvalue weighted by Gasteiger charge is 2.13. The summed E-state index contributed by atoms with van der Waals surface area (Å²) in [6.07, 6.45) is 2.46. The predicted octanol–water partition coefficient (Wildman–Crippen LogP) is 4.95. The van der Waals surface area contributed by atoms with E-state index >= 15 is 0 Å². The molecule has 4 nitrogen and oxygen atoms in total. The van der Waals surface area contributed by atoms with E-state index < -0.39 is 5.82 Å². The first-order chi connectivity index (χ1) is 12.5. The van der Waals surface area contributed by atoms with Crippen LogP contribution in [0.2, 0.25) is 10.0 Å². The maximum absolute atomic E-state index is 13.9. The summed E-state index contributed by atoms with van der Waals surface area (Å²) in [6.45, 7) is 0.116. The molecule has 3 rings (SSSR count). The lowest BCUT2D eigenvalue weighted by Crippen LogP contribution is -2.13. The van der Waals surface area contributed by atoms with Crippen molar-refractivity contribution < 1.29 is 9.18 Å². The lowest BCUT2D eigenvalue weighted by Gasteiger charge is -2.06. The third-order valence-corrected chi connectivity index (χ3v) is 4.47. The van der Waals surface area contributed by atoms with Crippen LogP contribution < -0.4 is 5.32 Å². The molecule has 0 bridgehead atoms. The Hall–Kier alpha value is -2.37. The van der Waals surface area contributed by atoms with Gasteiger partial charge in [-0.15, -0.1) is 0 Å². The number of rotatable bonds is 6. The fourth-order valence-corrected chi connectivity index (χ4v) is 2.93. The van der Waals surface area contributed by atoms with Crippen molar-refractivity contribution in [2.45, 2.75) is 19.4 Å². The minimum Gasteiger partial charge on any atom is -0.308 e. The zero-order valence-corrected chi connectivity index (χ0v) is 15.3. The SMILES string of the molecule is O=C(CCc1ccccc1)Nc1nn(Cc2c(F)cccc2Cl)cc1Cl. The first-order valence-corrected chi connectivity index (χ1v) is 8.78. The number of carbonyl (C=O) groups is 1. The number of hydrogen-bond donors (Lipinski definition) is 1. The van der Waals surface area contributed by atoms with Crippen molar-refractivity contribution in [1.29, 1.82) is 0 Å². The highest BCUT2D eigenvalue weighted by atomic mass is 35.5. The molecule has 0 radical (unpaired) electrons. The van der Waals surface area contributed by atoms with E-state index in [9.17, 15) is 9.18 Å². The second kappa shape index (κ2) is 8.34. The third-order valence-electron chi connectivity index (χ3n) is 3.84. The van der Waals surface area contributed by atoms with E-state index in [2.05, 4.69) is 10.4 Å². The highest BCUT2D eigenvalue weighted by molar-refractivity contribution is 6.33. The third kappa shape index (κ3) is 4.62. The largest absolute Gasteiger partial charge is 0.308 e. The van der Waals surface area contributed by atoms with Crippen molar-refractivity contribution >= 4 is 34.9 Å². The number of hydrogen-bond acceptors (Lipinski definition) is 2. The highest BCUT2D eigenvalue weighted by Crippen LogP contribution is 2.23. The standard InChI is InChI=1S/C19H16Cl2FN3O/c20-15-7-4-8-17(22)14(15)11-25-12-16(21)19(24-25)23-18(26)10-9-13-5-2-1-3-6-13/h1-8,12H,9-11H2,(H,23,24,26). The van der Waals surface area contributed by atoms with Crippen LogP contribution in [0.3, 0.4) is 0 Å². The Morgan fingerprint density at radius 3 is 2.58 bits per heavy atom. The van der Waals surface area contributed by atoms with Crippen LogP contribution in [-0.4, -0.2) is 15.7 Å². The normalized spacial score (nSPS) is 10.7. The molecule has 1 heterocycles. The van der Waals surface area contributed by atoms with E-state index in [1.54, 1.807) is 6.07 Å². The summed E-state index contributed by atoms with van der Waals surface area (Å²) < 4.78 is 15.3. The molecule has 134 valence electrons. The lowest BCUT2D eigenvalue weighted by atomic mass is 10.1. The van der Waals surface area contributed by atoms with Crippen LogP contribution in [-0.2, 0) is 17.8 Å². The molecule has 7 heteroatoms. The predicted molar refractivity (Wildman–Crippen MR) is 101 cm³/mol. The summed E-state index contributed by atoms with van der Waals surface area (Å²) in [6, 6.07) is 14.2. The van der Waals surface area contributed by atoms with Gasteiger partial charge in [0.2, 0.25) is 5.91 Å². The van der Waals surface area contributed by atoms with Gasteiger partial charge in [0.15, 0.2) is 5.82 Å². The second-order valence-corrected chi connectivity index (χ2v) is 6.57. The van der Waals surface area contributed by atoms with Crippen molar-refractivity contribution in [1.82, 2.24) is 9.78 Å². The van der Waals surface area contributed by atoms with E-state index in [4.69, 9.17) is 23.2 Å². The Morgan fingerprint density at radius 1 is 1.08 bits per heavy atom.